The fourth-order valence-corrected chi connectivity index (χ4v) is 2.33. The van der Waals surface area contributed by atoms with Crippen LogP contribution in [0.25, 0.3) is 0 Å². The van der Waals surface area contributed by atoms with Crippen LogP contribution in [0, 0.1) is 0 Å². The number of hydrogen-bond acceptors (Lipinski definition) is 4. The molecule has 4 nitrogen and oxygen atoms in total. The SMILES string of the molecule is COC(=O)C(CNCCC(C)S(C)=O)c1ccccc1. The van der Waals surface area contributed by atoms with Crippen molar-refractivity contribution in [2.45, 2.75) is 24.5 Å². The monoisotopic (exact) mass is 297 g/mol. The predicted octanol–water partition coefficient (Wildman–Crippen LogP) is 1.69. The van der Waals surface area contributed by atoms with Gasteiger partial charge >= 0.3 is 5.97 Å². The molecule has 112 valence electrons. The van der Waals surface area contributed by atoms with Gasteiger partial charge in [-0.05, 0) is 18.5 Å². The smallest absolute Gasteiger partial charge is 0.314 e. The van der Waals surface area contributed by atoms with Gasteiger partial charge in [-0.15, -0.1) is 0 Å². The van der Waals surface area contributed by atoms with Crippen LogP contribution in [0.4, 0.5) is 0 Å². The van der Waals surface area contributed by atoms with Gasteiger partial charge in [0.25, 0.3) is 0 Å². The molecule has 0 fully saturated rings. The average Bonchev–Trinajstić information content (AvgIpc) is 2.47. The molecule has 0 saturated carbocycles. The number of rotatable bonds is 8. The van der Waals surface area contributed by atoms with E-state index < -0.39 is 10.8 Å². The lowest BCUT2D eigenvalue weighted by molar-refractivity contribution is -0.142. The first-order valence-corrected chi connectivity index (χ1v) is 8.34. The van der Waals surface area contributed by atoms with Crippen LogP contribution in [0.1, 0.15) is 24.8 Å². The highest BCUT2D eigenvalue weighted by Crippen LogP contribution is 2.16. The Morgan fingerprint density at radius 2 is 2.00 bits per heavy atom. The largest absolute Gasteiger partial charge is 0.469 e. The summed E-state index contributed by atoms with van der Waals surface area (Å²) in [7, 11) is 0.601. The molecule has 0 aliphatic carbocycles. The summed E-state index contributed by atoms with van der Waals surface area (Å²) in [6.45, 7) is 3.23. The van der Waals surface area contributed by atoms with Crippen LogP contribution < -0.4 is 5.32 Å². The van der Waals surface area contributed by atoms with E-state index in [0.717, 1.165) is 18.5 Å². The molecule has 3 unspecified atom stereocenters. The number of hydrogen-bond donors (Lipinski definition) is 1. The van der Waals surface area contributed by atoms with Gasteiger partial charge in [0.05, 0.1) is 13.0 Å². The molecule has 3 atom stereocenters. The van der Waals surface area contributed by atoms with Gasteiger partial charge in [0.15, 0.2) is 0 Å². The molecule has 0 saturated heterocycles. The predicted molar refractivity (Wildman–Crippen MR) is 82.2 cm³/mol. The van der Waals surface area contributed by atoms with E-state index in [1.165, 1.54) is 7.11 Å². The molecule has 0 heterocycles. The Kier molecular flexibility index (Phi) is 7.47. The standard InChI is InChI=1S/C15H23NO3S/c1-12(20(3)18)9-10-16-11-14(15(17)19-2)13-7-5-4-6-8-13/h4-8,12,14,16H,9-11H2,1-3H3. The van der Waals surface area contributed by atoms with Crippen molar-refractivity contribution in [1.29, 1.82) is 0 Å². The molecule has 0 aliphatic heterocycles. The van der Waals surface area contributed by atoms with Crippen LogP contribution in [-0.4, -0.2) is 41.9 Å². The Morgan fingerprint density at radius 1 is 1.35 bits per heavy atom. The number of ether oxygens (including phenoxy) is 1. The summed E-state index contributed by atoms with van der Waals surface area (Å²) < 4.78 is 16.1. The lowest BCUT2D eigenvalue weighted by Crippen LogP contribution is -2.30. The molecular formula is C15H23NO3S. The molecular weight excluding hydrogens is 274 g/mol. The number of carbonyl (C=O) groups excluding carboxylic acids is 1. The van der Waals surface area contributed by atoms with Gasteiger partial charge in [0.2, 0.25) is 0 Å². The molecule has 20 heavy (non-hydrogen) atoms. The van der Waals surface area contributed by atoms with Gasteiger partial charge in [-0.25, -0.2) is 0 Å². The molecule has 0 amide bonds. The molecule has 1 aromatic carbocycles. The number of carbonyl (C=O) groups is 1. The average molecular weight is 297 g/mol. The van der Waals surface area contributed by atoms with Crippen molar-refractivity contribution in [2.75, 3.05) is 26.5 Å². The van der Waals surface area contributed by atoms with Gasteiger partial charge in [-0.1, -0.05) is 37.3 Å². The molecule has 0 spiro atoms. The Hall–Kier alpha value is -1.20. The first kappa shape index (κ1) is 16.9. The minimum Gasteiger partial charge on any atom is -0.469 e. The number of methoxy groups -OCH3 is 1. The molecule has 5 heteroatoms. The number of esters is 1. The van der Waals surface area contributed by atoms with Crippen LogP contribution in [-0.2, 0) is 20.3 Å². The minimum absolute atomic E-state index is 0.163. The Bertz CT molecular complexity index is 436. The third-order valence-corrected chi connectivity index (χ3v) is 4.70. The van der Waals surface area contributed by atoms with Crippen molar-refractivity contribution in [3.8, 4) is 0 Å². The van der Waals surface area contributed by atoms with Crippen LogP contribution >= 0.6 is 0 Å². The maximum atomic E-state index is 11.8. The normalized spacial score (nSPS) is 15.3. The van der Waals surface area contributed by atoms with Gasteiger partial charge in [0.1, 0.15) is 0 Å². The molecule has 0 aromatic heterocycles. The Morgan fingerprint density at radius 3 is 2.55 bits per heavy atom. The van der Waals surface area contributed by atoms with E-state index in [1.54, 1.807) is 6.26 Å². The van der Waals surface area contributed by atoms with E-state index in [9.17, 15) is 9.00 Å². The Balaban J connectivity index is 2.51. The second-order valence-corrected chi connectivity index (χ2v) is 6.59. The van der Waals surface area contributed by atoms with Crippen molar-refractivity contribution < 1.29 is 13.7 Å². The van der Waals surface area contributed by atoms with E-state index in [-0.39, 0.29) is 17.1 Å². The van der Waals surface area contributed by atoms with Crippen LogP contribution in [0.3, 0.4) is 0 Å². The highest BCUT2D eigenvalue weighted by molar-refractivity contribution is 7.84. The van der Waals surface area contributed by atoms with Crippen molar-refractivity contribution >= 4 is 16.8 Å². The summed E-state index contributed by atoms with van der Waals surface area (Å²) in [5.41, 5.74) is 0.943. The second kappa shape index (κ2) is 8.87. The van der Waals surface area contributed by atoms with E-state index in [1.807, 2.05) is 37.3 Å². The summed E-state index contributed by atoms with van der Waals surface area (Å²) >= 11 is 0. The summed E-state index contributed by atoms with van der Waals surface area (Å²) in [4.78, 5) is 11.8. The highest BCUT2D eigenvalue weighted by Gasteiger charge is 2.20. The van der Waals surface area contributed by atoms with Crippen molar-refractivity contribution in [2.24, 2.45) is 0 Å². The molecule has 0 radical (unpaired) electrons. The van der Waals surface area contributed by atoms with E-state index in [0.29, 0.717) is 6.54 Å². The number of benzene rings is 1. The highest BCUT2D eigenvalue weighted by atomic mass is 32.2. The first-order chi connectivity index (χ1) is 9.56. The zero-order chi connectivity index (χ0) is 15.0. The van der Waals surface area contributed by atoms with Crippen molar-refractivity contribution in [3.05, 3.63) is 35.9 Å². The summed E-state index contributed by atoms with van der Waals surface area (Å²) in [5, 5.41) is 3.41. The van der Waals surface area contributed by atoms with Crippen molar-refractivity contribution in [1.82, 2.24) is 5.32 Å². The fourth-order valence-electron chi connectivity index (χ4n) is 1.88. The third kappa shape index (κ3) is 5.43. The molecule has 1 rings (SSSR count). The maximum Gasteiger partial charge on any atom is 0.314 e. The van der Waals surface area contributed by atoms with Gasteiger partial charge in [0, 0.05) is 28.9 Å². The van der Waals surface area contributed by atoms with Gasteiger partial charge in [-0.2, -0.15) is 0 Å². The molecule has 1 N–H and O–H groups in total. The zero-order valence-corrected chi connectivity index (χ0v) is 13.1. The van der Waals surface area contributed by atoms with Crippen LogP contribution in [0.15, 0.2) is 30.3 Å². The van der Waals surface area contributed by atoms with E-state index in [4.69, 9.17) is 4.74 Å². The van der Waals surface area contributed by atoms with E-state index in [2.05, 4.69) is 5.32 Å². The zero-order valence-electron chi connectivity index (χ0n) is 12.3. The summed E-state index contributed by atoms with van der Waals surface area (Å²) in [6, 6.07) is 9.59. The number of nitrogens with one attached hydrogen (secondary N) is 1. The summed E-state index contributed by atoms with van der Waals surface area (Å²) in [6.07, 6.45) is 2.54. The lowest BCUT2D eigenvalue weighted by atomic mass is 9.99. The molecule has 1 aromatic rings. The maximum absolute atomic E-state index is 11.8. The van der Waals surface area contributed by atoms with Crippen molar-refractivity contribution in [3.63, 3.8) is 0 Å². The van der Waals surface area contributed by atoms with Crippen LogP contribution in [0.5, 0.6) is 0 Å². The topological polar surface area (TPSA) is 55.4 Å². The lowest BCUT2D eigenvalue weighted by Gasteiger charge is -2.16. The first-order valence-electron chi connectivity index (χ1n) is 6.72. The second-order valence-electron chi connectivity index (χ2n) is 4.79. The summed E-state index contributed by atoms with van der Waals surface area (Å²) in [5.74, 6) is -0.542. The van der Waals surface area contributed by atoms with E-state index >= 15 is 0 Å². The minimum atomic E-state index is -0.802. The third-order valence-electron chi connectivity index (χ3n) is 3.33. The Labute approximate surface area is 123 Å². The molecule has 0 bridgehead atoms. The van der Waals surface area contributed by atoms with Crippen LogP contribution in [0.2, 0.25) is 0 Å². The van der Waals surface area contributed by atoms with Gasteiger partial charge < -0.3 is 10.1 Å². The fraction of sp³-hybridized carbons (Fsp3) is 0.533. The molecule has 0 aliphatic rings. The van der Waals surface area contributed by atoms with Gasteiger partial charge in [-0.3, -0.25) is 9.00 Å². The quantitative estimate of drug-likeness (QED) is 0.586.